The lowest BCUT2D eigenvalue weighted by Crippen LogP contribution is -2.35. The molecule has 0 spiro atoms. The molecule has 19 heavy (non-hydrogen) atoms. The van der Waals surface area contributed by atoms with Crippen molar-refractivity contribution >= 4 is 5.91 Å². The van der Waals surface area contributed by atoms with Gasteiger partial charge in [-0.15, -0.1) is 0 Å². The van der Waals surface area contributed by atoms with Crippen LogP contribution in [0.4, 0.5) is 0 Å². The molecule has 0 aromatic heterocycles. The van der Waals surface area contributed by atoms with Gasteiger partial charge in [-0.1, -0.05) is 44.2 Å². The first-order valence-electron chi connectivity index (χ1n) is 6.77. The molecule has 0 aliphatic heterocycles. The van der Waals surface area contributed by atoms with E-state index in [1.807, 2.05) is 30.3 Å². The van der Waals surface area contributed by atoms with Crippen molar-refractivity contribution in [2.75, 3.05) is 26.3 Å². The standard InChI is InChI=1S/C15H24N2O2/c1-13(2)12-19-9-8-16-11-15(18)17-10-14-6-4-3-5-7-14/h3-7,13,16H,8-12H2,1-2H3,(H,17,18). The molecule has 106 valence electrons. The lowest BCUT2D eigenvalue weighted by atomic mass is 10.2. The van der Waals surface area contributed by atoms with Crippen LogP contribution in [0, 0.1) is 5.92 Å². The molecule has 0 saturated heterocycles. The normalized spacial score (nSPS) is 10.7. The van der Waals surface area contributed by atoms with E-state index in [9.17, 15) is 4.79 Å². The van der Waals surface area contributed by atoms with Gasteiger partial charge in [0.1, 0.15) is 0 Å². The minimum absolute atomic E-state index is 0.00714. The van der Waals surface area contributed by atoms with Crippen LogP contribution in [-0.2, 0) is 16.1 Å². The summed E-state index contributed by atoms with van der Waals surface area (Å²) in [4.78, 5) is 11.5. The highest BCUT2D eigenvalue weighted by Crippen LogP contribution is 1.96. The zero-order valence-electron chi connectivity index (χ0n) is 11.8. The van der Waals surface area contributed by atoms with Gasteiger partial charge >= 0.3 is 0 Å². The van der Waals surface area contributed by atoms with Crippen LogP contribution < -0.4 is 10.6 Å². The number of carbonyl (C=O) groups is 1. The van der Waals surface area contributed by atoms with E-state index < -0.39 is 0 Å². The Morgan fingerprint density at radius 2 is 2.00 bits per heavy atom. The summed E-state index contributed by atoms with van der Waals surface area (Å²) in [6, 6.07) is 9.88. The van der Waals surface area contributed by atoms with Gasteiger partial charge in [-0.05, 0) is 11.5 Å². The van der Waals surface area contributed by atoms with Crippen LogP contribution in [0.25, 0.3) is 0 Å². The second-order valence-electron chi connectivity index (χ2n) is 4.91. The van der Waals surface area contributed by atoms with E-state index in [4.69, 9.17) is 4.74 Å². The third-order valence-electron chi connectivity index (χ3n) is 2.49. The average Bonchev–Trinajstić information content (AvgIpc) is 2.41. The van der Waals surface area contributed by atoms with Crippen molar-refractivity contribution in [1.29, 1.82) is 0 Å². The minimum atomic E-state index is 0.00714. The molecule has 0 aliphatic rings. The first kappa shape index (κ1) is 15.7. The molecule has 1 amide bonds. The third-order valence-corrected chi connectivity index (χ3v) is 2.49. The van der Waals surface area contributed by atoms with Crippen molar-refractivity contribution in [3.05, 3.63) is 35.9 Å². The van der Waals surface area contributed by atoms with E-state index in [0.717, 1.165) is 12.2 Å². The van der Waals surface area contributed by atoms with Gasteiger partial charge in [-0.2, -0.15) is 0 Å². The molecule has 0 atom stereocenters. The minimum Gasteiger partial charge on any atom is -0.380 e. The van der Waals surface area contributed by atoms with Crippen molar-refractivity contribution in [1.82, 2.24) is 10.6 Å². The summed E-state index contributed by atoms with van der Waals surface area (Å²) in [5, 5.41) is 5.92. The van der Waals surface area contributed by atoms with E-state index in [-0.39, 0.29) is 5.91 Å². The van der Waals surface area contributed by atoms with E-state index in [1.54, 1.807) is 0 Å². The summed E-state index contributed by atoms with van der Waals surface area (Å²) in [7, 11) is 0. The molecular weight excluding hydrogens is 240 g/mol. The number of ether oxygens (including phenoxy) is 1. The number of hydrogen-bond acceptors (Lipinski definition) is 3. The van der Waals surface area contributed by atoms with Crippen LogP contribution in [-0.4, -0.2) is 32.2 Å². The Kier molecular flexibility index (Phi) is 7.86. The summed E-state index contributed by atoms with van der Waals surface area (Å²) < 4.78 is 5.41. The van der Waals surface area contributed by atoms with Gasteiger partial charge in [0, 0.05) is 19.7 Å². The Morgan fingerprint density at radius 1 is 1.26 bits per heavy atom. The summed E-state index contributed by atoms with van der Waals surface area (Å²) in [5.41, 5.74) is 1.11. The lowest BCUT2D eigenvalue weighted by Gasteiger charge is -2.08. The molecule has 0 radical (unpaired) electrons. The van der Waals surface area contributed by atoms with E-state index >= 15 is 0 Å². The zero-order chi connectivity index (χ0) is 13.9. The number of rotatable bonds is 9. The van der Waals surface area contributed by atoms with Gasteiger partial charge in [0.05, 0.1) is 13.2 Å². The van der Waals surface area contributed by atoms with Crippen molar-refractivity contribution in [2.45, 2.75) is 20.4 Å². The van der Waals surface area contributed by atoms with E-state index in [2.05, 4.69) is 24.5 Å². The molecular formula is C15H24N2O2. The van der Waals surface area contributed by atoms with Crippen molar-refractivity contribution in [2.24, 2.45) is 5.92 Å². The highest BCUT2D eigenvalue weighted by Gasteiger charge is 2.00. The Morgan fingerprint density at radius 3 is 2.68 bits per heavy atom. The lowest BCUT2D eigenvalue weighted by molar-refractivity contribution is -0.120. The molecule has 1 aromatic rings. The van der Waals surface area contributed by atoms with Crippen LogP contribution in [0.3, 0.4) is 0 Å². The molecule has 1 rings (SSSR count). The largest absolute Gasteiger partial charge is 0.380 e. The molecule has 4 heteroatoms. The second-order valence-corrected chi connectivity index (χ2v) is 4.91. The topological polar surface area (TPSA) is 50.4 Å². The maximum Gasteiger partial charge on any atom is 0.234 e. The number of benzene rings is 1. The SMILES string of the molecule is CC(C)COCCNCC(=O)NCc1ccccc1. The van der Waals surface area contributed by atoms with Gasteiger partial charge < -0.3 is 15.4 Å². The zero-order valence-corrected chi connectivity index (χ0v) is 11.8. The first-order valence-corrected chi connectivity index (χ1v) is 6.77. The first-order chi connectivity index (χ1) is 9.18. The highest BCUT2D eigenvalue weighted by atomic mass is 16.5. The summed E-state index contributed by atoms with van der Waals surface area (Å²) in [5.74, 6) is 0.557. The molecule has 4 nitrogen and oxygen atoms in total. The fourth-order valence-electron chi connectivity index (χ4n) is 1.52. The van der Waals surface area contributed by atoms with Crippen molar-refractivity contribution in [3.8, 4) is 0 Å². The van der Waals surface area contributed by atoms with Gasteiger partial charge in [-0.3, -0.25) is 4.79 Å². The summed E-state index contributed by atoms with van der Waals surface area (Å²) in [6.07, 6.45) is 0. The molecule has 2 N–H and O–H groups in total. The quantitative estimate of drug-likeness (QED) is 0.666. The number of amides is 1. The number of nitrogens with one attached hydrogen (secondary N) is 2. The van der Waals surface area contributed by atoms with Crippen LogP contribution in [0.5, 0.6) is 0 Å². The van der Waals surface area contributed by atoms with Gasteiger partial charge in [0.2, 0.25) is 5.91 Å². The van der Waals surface area contributed by atoms with Gasteiger partial charge in [0.15, 0.2) is 0 Å². The molecule has 0 fully saturated rings. The smallest absolute Gasteiger partial charge is 0.234 e. The van der Waals surface area contributed by atoms with Crippen LogP contribution in [0.15, 0.2) is 30.3 Å². The Labute approximate surface area is 115 Å². The van der Waals surface area contributed by atoms with Gasteiger partial charge in [0.25, 0.3) is 0 Å². The predicted octanol–water partition coefficient (Wildman–Crippen LogP) is 1.56. The third kappa shape index (κ3) is 8.35. The van der Waals surface area contributed by atoms with Gasteiger partial charge in [-0.25, -0.2) is 0 Å². The summed E-state index contributed by atoms with van der Waals surface area (Å²) >= 11 is 0. The van der Waals surface area contributed by atoms with Crippen LogP contribution in [0.1, 0.15) is 19.4 Å². The predicted molar refractivity (Wildman–Crippen MR) is 76.8 cm³/mol. The maximum atomic E-state index is 11.5. The van der Waals surface area contributed by atoms with Crippen molar-refractivity contribution < 1.29 is 9.53 Å². The molecule has 0 aliphatic carbocycles. The second kappa shape index (κ2) is 9.53. The van der Waals surface area contributed by atoms with Crippen molar-refractivity contribution in [3.63, 3.8) is 0 Å². The average molecular weight is 264 g/mol. The monoisotopic (exact) mass is 264 g/mol. The van der Waals surface area contributed by atoms with Crippen LogP contribution in [0.2, 0.25) is 0 Å². The Bertz CT molecular complexity index is 352. The fourth-order valence-corrected chi connectivity index (χ4v) is 1.52. The fraction of sp³-hybridized carbons (Fsp3) is 0.533. The Hall–Kier alpha value is -1.39. The number of hydrogen-bond donors (Lipinski definition) is 2. The molecule has 0 bridgehead atoms. The number of carbonyl (C=O) groups excluding carboxylic acids is 1. The van der Waals surface area contributed by atoms with E-state index in [1.165, 1.54) is 0 Å². The molecule has 1 aromatic carbocycles. The Balaban J connectivity index is 1.99. The van der Waals surface area contributed by atoms with E-state index in [0.29, 0.717) is 32.2 Å². The highest BCUT2D eigenvalue weighted by molar-refractivity contribution is 5.77. The molecule has 0 saturated carbocycles. The summed E-state index contributed by atoms with van der Waals surface area (Å²) in [6.45, 7) is 7.25. The van der Waals surface area contributed by atoms with Crippen LogP contribution >= 0.6 is 0 Å². The maximum absolute atomic E-state index is 11.5. The molecule has 0 heterocycles. The molecule has 0 unspecified atom stereocenters.